The molecule has 6 heteroatoms. The topological polar surface area (TPSA) is 64.1 Å². The molecule has 2 amide bonds. The van der Waals surface area contributed by atoms with Crippen molar-refractivity contribution in [2.45, 2.75) is 58.2 Å². The van der Waals surface area contributed by atoms with Crippen molar-refractivity contribution < 1.29 is 14.7 Å². The predicted octanol–water partition coefficient (Wildman–Crippen LogP) is 1.46. The number of nitrogens with zero attached hydrogens (tertiary/aromatic N) is 3. The molecule has 0 aromatic carbocycles. The zero-order valence-corrected chi connectivity index (χ0v) is 13.3. The van der Waals surface area contributed by atoms with E-state index in [9.17, 15) is 9.59 Å². The summed E-state index contributed by atoms with van der Waals surface area (Å²) in [4.78, 5) is 29.5. The summed E-state index contributed by atoms with van der Waals surface area (Å²) in [5.74, 6) is -0.798. The van der Waals surface area contributed by atoms with E-state index in [-0.39, 0.29) is 6.03 Å². The zero-order valence-electron chi connectivity index (χ0n) is 13.3. The molecule has 2 aliphatic heterocycles. The Kier molecular flexibility index (Phi) is 5.08. The molecule has 3 atom stereocenters. The van der Waals surface area contributed by atoms with Crippen molar-refractivity contribution in [2.75, 3.05) is 26.2 Å². The Morgan fingerprint density at radius 3 is 2.05 bits per heavy atom. The number of carboxylic acid groups (broad SMARTS) is 1. The number of amides is 2. The molecule has 0 aliphatic carbocycles. The van der Waals surface area contributed by atoms with Gasteiger partial charge in [-0.3, -0.25) is 9.69 Å². The average molecular weight is 297 g/mol. The second-order valence-electron chi connectivity index (χ2n) is 6.36. The Balaban J connectivity index is 1.92. The van der Waals surface area contributed by atoms with E-state index in [1.807, 2.05) is 14.7 Å². The van der Waals surface area contributed by atoms with Gasteiger partial charge in [0.2, 0.25) is 0 Å². The van der Waals surface area contributed by atoms with Crippen LogP contribution in [0, 0.1) is 0 Å². The summed E-state index contributed by atoms with van der Waals surface area (Å²) in [5.41, 5.74) is 0. The normalized spacial score (nSPS) is 29.3. The summed E-state index contributed by atoms with van der Waals surface area (Å²) in [7, 11) is 0. The largest absolute Gasteiger partial charge is 0.480 e. The molecule has 0 saturated carbocycles. The summed E-state index contributed by atoms with van der Waals surface area (Å²) in [6, 6.07) is 0.252. The molecule has 0 aromatic rings. The summed E-state index contributed by atoms with van der Waals surface area (Å²) in [6.45, 7) is 8.45. The molecule has 1 unspecified atom stereocenters. The molecule has 1 N–H and O–H groups in total. The predicted molar refractivity (Wildman–Crippen MR) is 80.3 cm³/mol. The minimum Gasteiger partial charge on any atom is -0.480 e. The van der Waals surface area contributed by atoms with Gasteiger partial charge in [-0.2, -0.15) is 0 Å². The first-order valence-electron chi connectivity index (χ1n) is 7.96. The van der Waals surface area contributed by atoms with Gasteiger partial charge in [-0.1, -0.05) is 0 Å². The molecular formula is C15H27N3O3. The van der Waals surface area contributed by atoms with E-state index < -0.39 is 12.0 Å². The van der Waals surface area contributed by atoms with E-state index in [2.05, 4.69) is 13.8 Å². The molecule has 0 radical (unpaired) electrons. The maximum Gasteiger partial charge on any atom is 0.320 e. The number of rotatable bonds is 2. The van der Waals surface area contributed by atoms with Crippen LogP contribution in [0.3, 0.4) is 0 Å². The van der Waals surface area contributed by atoms with Gasteiger partial charge in [0.05, 0.1) is 0 Å². The quantitative estimate of drug-likeness (QED) is 0.838. The van der Waals surface area contributed by atoms with Gasteiger partial charge >= 0.3 is 12.0 Å². The molecule has 2 aliphatic rings. The number of likely N-dealkylation sites (tertiary alicyclic amines) is 1. The number of carboxylic acids is 1. The Morgan fingerprint density at radius 2 is 1.57 bits per heavy atom. The molecule has 21 heavy (non-hydrogen) atoms. The summed E-state index contributed by atoms with van der Waals surface area (Å²) < 4.78 is 0. The zero-order chi connectivity index (χ0) is 15.6. The van der Waals surface area contributed by atoms with Crippen LogP contribution < -0.4 is 0 Å². The van der Waals surface area contributed by atoms with Gasteiger partial charge in [0, 0.05) is 38.3 Å². The third-order valence-electron chi connectivity index (χ3n) is 4.90. The van der Waals surface area contributed by atoms with Crippen molar-refractivity contribution in [3.63, 3.8) is 0 Å². The van der Waals surface area contributed by atoms with Crippen LogP contribution in [0.15, 0.2) is 0 Å². The van der Waals surface area contributed by atoms with Crippen LogP contribution in [0.5, 0.6) is 0 Å². The van der Waals surface area contributed by atoms with Gasteiger partial charge in [0.1, 0.15) is 6.04 Å². The summed E-state index contributed by atoms with van der Waals surface area (Å²) in [5, 5.41) is 9.05. The van der Waals surface area contributed by atoms with Crippen molar-refractivity contribution >= 4 is 12.0 Å². The van der Waals surface area contributed by atoms with Crippen LogP contribution in [-0.4, -0.2) is 76.1 Å². The lowest BCUT2D eigenvalue weighted by molar-refractivity contribution is -0.143. The Morgan fingerprint density at radius 1 is 1.05 bits per heavy atom. The molecule has 6 nitrogen and oxygen atoms in total. The van der Waals surface area contributed by atoms with E-state index >= 15 is 0 Å². The molecule has 2 fully saturated rings. The highest BCUT2D eigenvalue weighted by Gasteiger charge is 2.34. The first-order valence-corrected chi connectivity index (χ1v) is 7.96. The van der Waals surface area contributed by atoms with Gasteiger partial charge < -0.3 is 14.9 Å². The fourth-order valence-corrected chi connectivity index (χ4v) is 3.42. The summed E-state index contributed by atoms with van der Waals surface area (Å²) in [6.07, 6.45) is 3.34. The van der Waals surface area contributed by atoms with Crippen molar-refractivity contribution in [3.05, 3.63) is 0 Å². The average Bonchev–Trinajstić information content (AvgIpc) is 2.46. The highest BCUT2D eigenvalue weighted by molar-refractivity contribution is 5.76. The fraction of sp³-hybridized carbons (Fsp3) is 0.867. The molecule has 2 rings (SSSR count). The second-order valence-corrected chi connectivity index (χ2v) is 6.36. The standard InChI is InChI=1S/C15H27N3O3/c1-11-5-4-6-12(2)18(11)15(21)17-9-7-16(8-10-17)13(3)14(19)20/h11-13H,4-10H2,1-3H3,(H,19,20)/t11-,12+,13?. The van der Waals surface area contributed by atoms with Crippen LogP contribution >= 0.6 is 0 Å². The number of piperidine rings is 1. The Bertz CT molecular complexity index is 384. The molecule has 0 spiro atoms. The maximum absolute atomic E-state index is 12.7. The van der Waals surface area contributed by atoms with Gasteiger partial charge in [-0.25, -0.2) is 4.79 Å². The van der Waals surface area contributed by atoms with E-state index in [1.165, 1.54) is 6.42 Å². The van der Waals surface area contributed by atoms with Crippen molar-refractivity contribution in [1.82, 2.24) is 14.7 Å². The fourth-order valence-electron chi connectivity index (χ4n) is 3.42. The van der Waals surface area contributed by atoms with Gasteiger partial charge in [-0.05, 0) is 40.0 Å². The molecule has 2 saturated heterocycles. The number of piperazine rings is 1. The highest BCUT2D eigenvalue weighted by atomic mass is 16.4. The molecule has 2 heterocycles. The maximum atomic E-state index is 12.7. The smallest absolute Gasteiger partial charge is 0.320 e. The van der Waals surface area contributed by atoms with Crippen molar-refractivity contribution in [1.29, 1.82) is 0 Å². The number of hydrogen-bond acceptors (Lipinski definition) is 3. The van der Waals surface area contributed by atoms with E-state index in [1.54, 1.807) is 6.92 Å². The van der Waals surface area contributed by atoms with Crippen molar-refractivity contribution in [2.24, 2.45) is 0 Å². The van der Waals surface area contributed by atoms with Crippen molar-refractivity contribution in [3.8, 4) is 0 Å². The molecule has 0 bridgehead atoms. The van der Waals surface area contributed by atoms with Crippen LogP contribution in [-0.2, 0) is 4.79 Å². The number of urea groups is 1. The van der Waals surface area contributed by atoms with E-state index in [4.69, 9.17) is 5.11 Å². The first kappa shape index (κ1) is 16.1. The SMILES string of the molecule is CC(C(=O)O)N1CCN(C(=O)N2[C@H](C)CCC[C@@H]2C)CC1. The van der Waals surface area contributed by atoms with Crippen LogP contribution in [0.4, 0.5) is 4.79 Å². The van der Waals surface area contributed by atoms with Gasteiger partial charge in [0.25, 0.3) is 0 Å². The minimum atomic E-state index is -0.798. The molecule has 120 valence electrons. The lowest BCUT2D eigenvalue weighted by Gasteiger charge is -2.44. The van der Waals surface area contributed by atoms with E-state index in [0.29, 0.717) is 38.3 Å². The van der Waals surface area contributed by atoms with Crippen LogP contribution in [0.2, 0.25) is 0 Å². The molecule has 0 aromatic heterocycles. The van der Waals surface area contributed by atoms with Crippen LogP contribution in [0.25, 0.3) is 0 Å². The Hall–Kier alpha value is -1.30. The summed E-state index contributed by atoms with van der Waals surface area (Å²) >= 11 is 0. The Labute approximate surface area is 126 Å². The monoisotopic (exact) mass is 297 g/mol. The third-order valence-corrected chi connectivity index (χ3v) is 4.90. The second kappa shape index (κ2) is 6.64. The lowest BCUT2D eigenvalue weighted by atomic mass is 9.98. The van der Waals surface area contributed by atoms with Crippen LogP contribution in [0.1, 0.15) is 40.0 Å². The number of hydrogen-bond donors (Lipinski definition) is 1. The third kappa shape index (κ3) is 3.48. The van der Waals surface area contributed by atoms with Gasteiger partial charge in [0.15, 0.2) is 0 Å². The number of aliphatic carboxylic acids is 1. The first-order chi connectivity index (χ1) is 9.91. The lowest BCUT2D eigenvalue weighted by Crippen LogP contribution is -2.59. The van der Waals surface area contributed by atoms with Gasteiger partial charge in [-0.15, -0.1) is 0 Å². The highest BCUT2D eigenvalue weighted by Crippen LogP contribution is 2.24. The number of carbonyl (C=O) groups excluding carboxylic acids is 1. The number of carbonyl (C=O) groups is 2. The minimum absolute atomic E-state index is 0.123. The van der Waals surface area contributed by atoms with E-state index in [0.717, 1.165) is 12.8 Å². The molecular weight excluding hydrogens is 270 g/mol.